The summed E-state index contributed by atoms with van der Waals surface area (Å²) < 4.78 is 0.848. The van der Waals surface area contributed by atoms with Crippen molar-refractivity contribution < 1.29 is 4.79 Å². The maximum Gasteiger partial charge on any atom is 0.262 e. The van der Waals surface area contributed by atoms with E-state index in [0.717, 1.165) is 4.47 Å². The van der Waals surface area contributed by atoms with Crippen LogP contribution in [0.4, 0.5) is 0 Å². The number of hydrogen-bond acceptors (Lipinski definition) is 3. The minimum atomic E-state index is -0.0350. The third-order valence-corrected chi connectivity index (χ3v) is 3.67. The molecule has 0 radical (unpaired) electrons. The van der Waals surface area contributed by atoms with Crippen molar-refractivity contribution in [1.29, 1.82) is 0 Å². The standard InChI is InChI=1S/C9H13BrN2OS/c1-6(4-11)5-12-9(13)8-7(10)2-3-14-8/h2-3,6H,4-5,11H2,1H3,(H,12,13). The van der Waals surface area contributed by atoms with Crippen LogP contribution in [0.5, 0.6) is 0 Å². The van der Waals surface area contributed by atoms with Crippen LogP contribution in [-0.4, -0.2) is 19.0 Å². The highest BCUT2D eigenvalue weighted by Gasteiger charge is 2.11. The van der Waals surface area contributed by atoms with Gasteiger partial charge in [-0.05, 0) is 39.8 Å². The average molecular weight is 277 g/mol. The molecule has 0 aliphatic rings. The Morgan fingerprint density at radius 3 is 3.00 bits per heavy atom. The monoisotopic (exact) mass is 276 g/mol. The highest BCUT2D eigenvalue weighted by molar-refractivity contribution is 9.10. The van der Waals surface area contributed by atoms with Gasteiger partial charge in [-0.25, -0.2) is 0 Å². The van der Waals surface area contributed by atoms with Crippen LogP contribution in [-0.2, 0) is 0 Å². The maximum absolute atomic E-state index is 11.6. The number of nitrogens with two attached hydrogens (primary N) is 1. The van der Waals surface area contributed by atoms with Crippen molar-refractivity contribution >= 4 is 33.2 Å². The summed E-state index contributed by atoms with van der Waals surface area (Å²) in [5.41, 5.74) is 5.45. The minimum Gasteiger partial charge on any atom is -0.351 e. The zero-order chi connectivity index (χ0) is 10.6. The van der Waals surface area contributed by atoms with Gasteiger partial charge < -0.3 is 11.1 Å². The first-order chi connectivity index (χ1) is 6.65. The fraction of sp³-hybridized carbons (Fsp3) is 0.444. The summed E-state index contributed by atoms with van der Waals surface area (Å²) in [4.78, 5) is 12.3. The van der Waals surface area contributed by atoms with Gasteiger partial charge in [0.1, 0.15) is 4.88 Å². The van der Waals surface area contributed by atoms with Crippen LogP contribution in [0.2, 0.25) is 0 Å². The average Bonchev–Trinajstić information content (AvgIpc) is 2.60. The lowest BCUT2D eigenvalue weighted by atomic mass is 10.2. The van der Waals surface area contributed by atoms with Crippen LogP contribution in [0.15, 0.2) is 15.9 Å². The smallest absolute Gasteiger partial charge is 0.262 e. The van der Waals surface area contributed by atoms with Gasteiger partial charge in [0.25, 0.3) is 5.91 Å². The second kappa shape index (κ2) is 5.48. The van der Waals surface area contributed by atoms with Crippen molar-refractivity contribution in [2.45, 2.75) is 6.92 Å². The Hall–Kier alpha value is -0.390. The second-order valence-corrected chi connectivity index (χ2v) is 4.92. The van der Waals surface area contributed by atoms with Crippen molar-refractivity contribution in [2.24, 2.45) is 11.7 Å². The third-order valence-electron chi connectivity index (χ3n) is 1.84. The largest absolute Gasteiger partial charge is 0.351 e. The molecule has 0 aliphatic carbocycles. The van der Waals surface area contributed by atoms with Crippen LogP contribution in [0, 0.1) is 5.92 Å². The molecule has 1 unspecified atom stereocenters. The number of carbonyl (C=O) groups excluding carboxylic acids is 1. The van der Waals surface area contributed by atoms with Crippen molar-refractivity contribution in [3.05, 3.63) is 20.8 Å². The fourth-order valence-corrected chi connectivity index (χ4v) is 2.35. The van der Waals surface area contributed by atoms with E-state index in [4.69, 9.17) is 5.73 Å². The van der Waals surface area contributed by atoms with Crippen LogP contribution in [0.3, 0.4) is 0 Å². The molecule has 78 valence electrons. The van der Waals surface area contributed by atoms with E-state index in [2.05, 4.69) is 21.2 Å². The number of thiophene rings is 1. The number of amides is 1. The molecule has 3 N–H and O–H groups in total. The predicted molar refractivity (Wildman–Crippen MR) is 62.6 cm³/mol. The molecule has 3 nitrogen and oxygen atoms in total. The van der Waals surface area contributed by atoms with E-state index in [-0.39, 0.29) is 5.91 Å². The lowest BCUT2D eigenvalue weighted by Crippen LogP contribution is -2.30. The Bertz CT molecular complexity index is 314. The predicted octanol–water partition coefficient (Wildman–Crippen LogP) is 1.84. The Kier molecular flexibility index (Phi) is 4.57. The third kappa shape index (κ3) is 3.08. The molecule has 1 heterocycles. The Labute approximate surface area is 95.8 Å². The Morgan fingerprint density at radius 1 is 1.79 bits per heavy atom. The van der Waals surface area contributed by atoms with E-state index in [1.54, 1.807) is 0 Å². The van der Waals surface area contributed by atoms with Crippen LogP contribution < -0.4 is 11.1 Å². The van der Waals surface area contributed by atoms with E-state index in [9.17, 15) is 4.79 Å². The molecule has 1 amide bonds. The lowest BCUT2D eigenvalue weighted by molar-refractivity contribution is 0.0952. The van der Waals surface area contributed by atoms with Gasteiger partial charge in [0.2, 0.25) is 0 Å². The van der Waals surface area contributed by atoms with E-state index < -0.39 is 0 Å². The number of halogens is 1. The zero-order valence-electron chi connectivity index (χ0n) is 7.92. The first-order valence-corrected chi connectivity index (χ1v) is 6.03. The summed E-state index contributed by atoms with van der Waals surface area (Å²) in [5, 5.41) is 4.72. The highest BCUT2D eigenvalue weighted by Crippen LogP contribution is 2.22. The Balaban J connectivity index is 2.47. The van der Waals surface area contributed by atoms with E-state index >= 15 is 0 Å². The van der Waals surface area contributed by atoms with Gasteiger partial charge in [0.15, 0.2) is 0 Å². The number of carbonyl (C=O) groups is 1. The molecule has 0 fully saturated rings. The normalized spacial score (nSPS) is 12.5. The van der Waals surface area contributed by atoms with Gasteiger partial charge in [-0.1, -0.05) is 6.92 Å². The van der Waals surface area contributed by atoms with Crippen LogP contribution in [0.1, 0.15) is 16.6 Å². The van der Waals surface area contributed by atoms with Gasteiger partial charge in [-0.2, -0.15) is 0 Å². The number of hydrogen-bond donors (Lipinski definition) is 2. The first kappa shape index (κ1) is 11.7. The topological polar surface area (TPSA) is 55.1 Å². The Morgan fingerprint density at radius 2 is 2.50 bits per heavy atom. The van der Waals surface area contributed by atoms with Crippen molar-refractivity contribution in [3.8, 4) is 0 Å². The summed E-state index contributed by atoms with van der Waals surface area (Å²) in [5.74, 6) is 0.282. The molecular formula is C9H13BrN2OS. The molecule has 0 saturated carbocycles. The van der Waals surface area contributed by atoms with Crippen molar-refractivity contribution in [2.75, 3.05) is 13.1 Å². The van der Waals surface area contributed by atoms with Crippen molar-refractivity contribution in [3.63, 3.8) is 0 Å². The minimum absolute atomic E-state index is 0.0350. The highest BCUT2D eigenvalue weighted by atomic mass is 79.9. The molecule has 0 aliphatic heterocycles. The van der Waals surface area contributed by atoms with E-state index in [0.29, 0.717) is 23.9 Å². The van der Waals surface area contributed by atoms with Crippen LogP contribution in [0.25, 0.3) is 0 Å². The van der Waals surface area contributed by atoms with E-state index in [1.807, 2.05) is 18.4 Å². The van der Waals surface area contributed by atoms with Crippen LogP contribution >= 0.6 is 27.3 Å². The fourth-order valence-electron chi connectivity index (χ4n) is 0.886. The summed E-state index contributed by atoms with van der Waals surface area (Å²) >= 11 is 4.74. The molecule has 14 heavy (non-hydrogen) atoms. The molecule has 1 aromatic heterocycles. The molecular weight excluding hydrogens is 264 g/mol. The second-order valence-electron chi connectivity index (χ2n) is 3.15. The zero-order valence-corrected chi connectivity index (χ0v) is 10.3. The van der Waals surface area contributed by atoms with Gasteiger partial charge in [-0.15, -0.1) is 11.3 Å². The molecule has 0 bridgehead atoms. The lowest BCUT2D eigenvalue weighted by Gasteiger charge is -2.09. The summed E-state index contributed by atoms with van der Waals surface area (Å²) in [6.45, 7) is 3.22. The summed E-state index contributed by atoms with van der Waals surface area (Å²) in [6, 6.07) is 1.87. The molecule has 1 atom stereocenters. The molecule has 0 spiro atoms. The quantitative estimate of drug-likeness (QED) is 0.882. The molecule has 5 heteroatoms. The summed E-state index contributed by atoms with van der Waals surface area (Å²) in [7, 11) is 0. The summed E-state index contributed by atoms with van der Waals surface area (Å²) in [6.07, 6.45) is 0. The number of nitrogens with one attached hydrogen (secondary N) is 1. The molecule has 1 aromatic rings. The van der Waals surface area contributed by atoms with Gasteiger partial charge in [0.05, 0.1) is 0 Å². The van der Waals surface area contributed by atoms with Gasteiger partial charge in [0, 0.05) is 11.0 Å². The van der Waals surface area contributed by atoms with Crippen molar-refractivity contribution in [1.82, 2.24) is 5.32 Å². The van der Waals surface area contributed by atoms with Gasteiger partial charge in [-0.3, -0.25) is 4.79 Å². The molecule has 1 rings (SSSR count). The molecule has 0 aromatic carbocycles. The number of rotatable bonds is 4. The first-order valence-electron chi connectivity index (χ1n) is 4.36. The van der Waals surface area contributed by atoms with Gasteiger partial charge >= 0.3 is 0 Å². The molecule has 0 saturated heterocycles. The SMILES string of the molecule is CC(CN)CNC(=O)c1sccc1Br. The maximum atomic E-state index is 11.6. The van der Waals surface area contributed by atoms with E-state index in [1.165, 1.54) is 11.3 Å².